The van der Waals surface area contributed by atoms with Gasteiger partial charge in [-0.1, -0.05) is 60.7 Å². The van der Waals surface area contributed by atoms with Gasteiger partial charge in [0.2, 0.25) is 0 Å². The van der Waals surface area contributed by atoms with Crippen molar-refractivity contribution in [1.82, 2.24) is 14.7 Å². The minimum absolute atomic E-state index is 0.0591. The molecule has 1 amide bonds. The Morgan fingerprint density at radius 1 is 0.778 bits per heavy atom. The van der Waals surface area contributed by atoms with Crippen molar-refractivity contribution >= 4 is 5.91 Å². The maximum atomic E-state index is 13.5. The van der Waals surface area contributed by atoms with E-state index in [2.05, 4.69) is 58.3 Å². The number of carbonyl (C=O) groups excluding carboxylic acids is 1. The number of morpholine rings is 1. The number of carbonyl (C=O) groups is 1. The van der Waals surface area contributed by atoms with Gasteiger partial charge in [0, 0.05) is 45.8 Å². The molecule has 0 bridgehead atoms. The van der Waals surface area contributed by atoms with E-state index in [0.717, 1.165) is 45.9 Å². The molecule has 36 heavy (non-hydrogen) atoms. The molecule has 3 aliphatic rings. The van der Waals surface area contributed by atoms with E-state index in [1.54, 1.807) is 0 Å². The lowest BCUT2D eigenvalue weighted by Gasteiger charge is -2.39. The average Bonchev–Trinajstić information content (AvgIpc) is 3.28. The molecule has 1 aliphatic carbocycles. The molecule has 0 spiro atoms. The van der Waals surface area contributed by atoms with Gasteiger partial charge < -0.3 is 14.4 Å². The van der Waals surface area contributed by atoms with Crippen LogP contribution in [0.15, 0.2) is 72.8 Å². The highest BCUT2D eigenvalue weighted by Gasteiger charge is 2.35. The molecule has 6 heteroatoms. The second-order valence-corrected chi connectivity index (χ2v) is 9.70. The molecular formula is C30H33N3O3. The first-order chi connectivity index (χ1) is 17.8. The summed E-state index contributed by atoms with van der Waals surface area (Å²) < 4.78 is 11.5. The van der Waals surface area contributed by atoms with E-state index >= 15 is 0 Å². The summed E-state index contributed by atoms with van der Waals surface area (Å²) in [5, 5.41) is 0. The van der Waals surface area contributed by atoms with Crippen LogP contribution in [0, 0.1) is 0 Å². The molecule has 6 nitrogen and oxygen atoms in total. The second-order valence-electron chi connectivity index (χ2n) is 9.70. The number of benzene rings is 3. The Balaban J connectivity index is 1.11. The first kappa shape index (κ1) is 23.2. The van der Waals surface area contributed by atoms with Gasteiger partial charge >= 0.3 is 0 Å². The Kier molecular flexibility index (Phi) is 6.73. The number of piperazine rings is 1. The molecule has 186 valence electrons. The lowest BCUT2D eigenvalue weighted by atomic mass is 10.0. The van der Waals surface area contributed by atoms with Gasteiger partial charge in [-0.05, 0) is 34.4 Å². The topological polar surface area (TPSA) is 45.2 Å². The number of hydrogen-bond acceptors (Lipinski definition) is 5. The van der Waals surface area contributed by atoms with E-state index in [-0.39, 0.29) is 11.9 Å². The van der Waals surface area contributed by atoms with Gasteiger partial charge in [0.1, 0.15) is 12.4 Å². The van der Waals surface area contributed by atoms with Crippen molar-refractivity contribution in [3.05, 3.63) is 89.5 Å². The molecule has 3 aromatic rings. The molecule has 0 radical (unpaired) electrons. The third kappa shape index (κ3) is 4.52. The Morgan fingerprint density at radius 3 is 2.08 bits per heavy atom. The quantitative estimate of drug-likeness (QED) is 0.532. The van der Waals surface area contributed by atoms with Crippen LogP contribution in [0.25, 0.3) is 11.1 Å². The van der Waals surface area contributed by atoms with Crippen LogP contribution in [0.2, 0.25) is 0 Å². The van der Waals surface area contributed by atoms with Crippen LogP contribution in [0.1, 0.15) is 27.5 Å². The lowest BCUT2D eigenvalue weighted by Crippen LogP contribution is -2.49. The summed E-state index contributed by atoms with van der Waals surface area (Å²) in [4.78, 5) is 20.4. The molecule has 2 heterocycles. The SMILES string of the molecule is O=C(c1ccccc1OCCN1CCOCC1)N1CCN(C2c3ccccc3-c3ccccc32)CC1. The van der Waals surface area contributed by atoms with Crippen LogP contribution in [-0.4, -0.2) is 86.2 Å². The highest BCUT2D eigenvalue weighted by molar-refractivity contribution is 5.97. The second kappa shape index (κ2) is 10.4. The van der Waals surface area contributed by atoms with E-state index in [9.17, 15) is 4.79 Å². The molecule has 0 atom stereocenters. The molecule has 0 unspecified atom stereocenters. The fourth-order valence-electron chi connectivity index (χ4n) is 5.75. The number of nitrogens with zero attached hydrogens (tertiary/aromatic N) is 3. The largest absolute Gasteiger partial charge is 0.491 e. The van der Waals surface area contributed by atoms with Crippen LogP contribution in [-0.2, 0) is 4.74 Å². The highest BCUT2D eigenvalue weighted by Crippen LogP contribution is 2.46. The zero-order valence-corrected chi connectivity index (χ0v) is 20.6. The average molecular weight is 484 g/mol. The van der Waals surface area contributed by atoms with Crippen LogP contribution in [0.3, 0.4) is 0 Å². The van der Waals surface area contributed by atoms with Gasteiger partial charge in [0.25, 0.3) is 5.91 Å². The Morgan fingerprint density at radius 2 is 1.39 bits per heavy atom. The Hall–Kier alpha value is -3.19. The zero-order valence-electron chi connectivity index (χ0n) is 20.6. The van der Waals surface area contributed by atoms with Crippen LogP contribution in [0.5, 0.6) is 5.75 Å². The molecular weight excluding hydrogens is 450 g/mol. The molecule has 2 saturated heterocycles. The molecule has 0 saturated carbocycles. The normalized spacial score (nSPS) is 18.6. The highest BCUT2D eigenvalue weighted by atomic mass is 16.5. The lowest BCUT2D eigenvalue weighted by molar-refractivity contribution is 0.0321. The Labute approximate surface area is 213 Å². The van der Waals surface area contributed by atoms with E-state index < -0.39 is 0 Å². The van der Waals surface area contributed by atoms with Crippen molar-refractivity contribution in [1.29, 1.82) is 0 Å². The third-order valence-electron chi connectivity index (χ3n) is 7.65. The van der Waals surface area contributed by atoms with E-state index in [1.165, 1.54) is 22.3 Å². The zero-order chi connectivity index (χ0) is 24.3. The van der Waals surface area contributed by atoms with Gasteiger partial charge in [-0.3, -0.25) is 14.6 Å². The van der Waals surface area contributed by atoms with Gasteiger partial charge in [0.15, 0.2) is 0 Å². The summed E-state index contributed by atoms with van der Waals surface area (Å²) in [5.74, 6) is 0.737. The number of ether oxygens (including phenoxy) is 2. The number of hydrogen-bond donors (Lipinski definition) is 0. The van der Waals surface area contributed by atoms with Crippen molar-refractivity contribution in [3.63, 3.8) is 0 Å². The maximum absolute atomic E-state index is 13.5. The molecule has 0 aromatic heterocycles. The van der Waals surface area contributed by atoms with Gasteiger partial charge in [-0.25, -0.2) is 0 Å². The summed E-state index contributed by atoms with van der Waals surface area (Å²) in [5.41, 5.74) is 6.07. The minimum atomic E-state index is 0.0591. The van der Waals surface area contributed by atoms with E-state index in [4.69, 9.17) is 9.47 Å². The number of rotatable bonds is 6. The predicted octanol–water partition coefficient (Wildman–Crippen LogP) is 3.93. The van der Waals surface area contributed by atoms with Crippen molar-refractivity contribution in [2.45, 2.75) is 6.04 Å². The first-order valence-corrected chi connectivity index (χ1v) is 13.0. The maximum Gasteiger partial charge on any atom is 0.257 e. The van der Waals surface area contributed by atoms with E-state index in [0.29, 0.717) is 31.0 Å². The van der Waals surface area contributed by atoms with Crippen molar-refractivity contribution in [2.75, 3.05) is 65.6 Å². The molecule has 6 rings (SSSR count). The summed E-state index contributed by atoms with van der Waals surface area (Å²) in [6, 6.07) is 25.4. The van der Waals surface area contributed by atoms with Crippen LogP contribution < -0.4 is 4.74 Å². The summed E-state index contributed by atoms with van der Waals surface area (Å²) >= 11 is 0. The van der Waals surface area contributed by atoms with Crippen LogP contribution in [0.4, 0.5) is 0 Å². The summed E-state index contributed by atoms with van der Waals surface area (Å²) in [6.07, 6.45) is 0. The summed E-state index contributed by atoms with van der Waals surface area (Å²) in [6.45, 7) is 7.95. The van der Waals surface area contributed by atoms with Gasteiger partial charge in [-0.15, -0.1) is 0 Å². The van der Waals surface area contributed by atoms with Crippen molar-refractivity contribution in [3.8, 4) is 16.9 Å². The third-order valence-corrected chi connectivity index (χ3v) is 7.65. The fourth-order valence-corrected chi connectivity index (χ4v) is 5.75. The smallest absolute Gasteiger partial charge is 0.257 e. The number of fused-ring (bicyclic) bond motifs is 3. The molecule has 2 aliphatic heterocycles. The fraction of sp³-hybridized carbons (Fsp3) is 0.367. The molecule has 3 aromatic carbocycles. The number of amides is 1. The van der Waals surface area contributed by atoms with Crippen molar-refractivity contribution < 1.29 is 14.3 Å². The van der Waals surface area contributed by atoms with Gasteiger partial charge in [0.05, 0.1) is 24.8 Å². The van der Waals surface area contributed by atoms with Crippen LogP contribution >= 0.6 is 0 Å². The Bertz CT molecular complexity index is 1170. The predicted molar refractivity (Wildman–Crippen MR) is 140 cm³/mol. The molecule has 0 N–H and O–H groups in total. The monoisotopic (exact) mass is 483 g/mol. The standard InChI is InChI=1S/C30H33N3O3/c34-30(27-11-5-6-12-28(27)36-22-19-31-17-20-35-21-18-31)33-15-13-32(14-16-33)29-25-9-3-1-7-23(25)24-8-2-4-10-26(24)29/h1-12,29H,13-22H2. The van der Waals surface area contributed by atoms with Gasteiger partial charge in [-0.2, -0.15) is 0 Å². The first-order valence-electron chi connectivity index (χ1n) is 13.0. The molecule has 2 fully saturated rings. The summed E-state index contributed by atoms with van der Waals surface area (Å²) in [7, 11) is 0. The van der Waals surface area contributed by atoms with E-state index in [1.807, 2.05) is 29.2 Å². The number of para-hydroxylation sites is 1. The van der Waals surface area contributed by atoms with Crippen molar-refractivity contribution in [2.24, 2.45) is 0 Å². The minimum Gasteiger partial charge on any atom is -0.491 e.